The lowest BCUT2D eigenvalue weighted by molar-refractivity contribution is 0.468. The first-order valence-electron chi connectivity index (χ1n) is 4.37. The third kappa shape index (κ3) is 0.983. The summed E-state index contributed by atoms with van der Waals surface area (Å²) >= 11 is 0. The molecule has 3 rings (SSSR count). The first-order chi connectivity index (χ1) is 6.34. The van der Waals surface area contributed by atoms with E-state index in [1.54, 1.807) is 12.4 Å². The number of rotatable bonds is 1. The van der Waals surface area contributed by atoms with E-state index in [-0.39, 0.29) is 0 Å². The van der Waals surface area contributed by atoms with Crippen molar-refractivity contribution >= 4 is 5.65 Å². The maximum Gasteiger partial charge on any atom is 0.164 e. The minimum atomic E-state index is 0.350. The predicted octanol–water partition coefficient (Wildman–Crippen LogP) is 1.31. The van der Waals surface area contributed by atoms with Crippen molar-refractivity contribution in [2.75, 3.05) is 0 Å². The van der Waals surface area contributed by atoms with Gasteiger partial charge in [0.2, 0.25) is 0 Å². The number of fused-ring (bicyclic) bond motifs is 1. The number of nitrogens with zero attached hydrogens (tertiary/aromatic N) is 3. The summed E-state index contributed by atoms with van der Waals surface area (Å²) in [7, 11) is 0. The second-order valence-electron chi connectivity index (χ2n) is 3.48. The summed E-state index contributed by atoms with van der Waals surface area (Å²) in [5, 5.41) is 17.3. The molecule has 2 aromatic rings. The van der Waals surface area contributed by atoms with E-state index in [4.69, 9.17) is 0 Å². The van der Waals surface area contributed by atoms with Gasteiger partial charge in [-0.25, -0.2) is 0 Å². The summed E-state index contributed by atoms with van der Waals surface area (Å²) < 4.78 is 1.84. The van der Waals surface area contributed by atoms with Crippen LogP contribution in [0.2, 0.25) is 0 Å². The van der Waals surface area contributed by atoms with Crippen LogP contribution in [-0.2, 0) is 0 Å². The van der Waals surface area contributed by atoms with Crippen molar-refractivity contribution in [3.8, 4) is 5.75 Å². The van der Waals surface area contributed by atoms with Crippen LogP contribution in [0.1, 0.15) is 24.3 Å². The minimum Gasteiger partial charge on any atom is -0.507 e. The van der Waals surface area contributed by atoms with E-state index in [1.165, 1.54) is 12.8 Å². The molecule has 13 heavy (non-hydrogen) atoms. The highest BCUT2D eigenvalue weighted by atomic mass is 16.3. The zero-order valence-electron chi connectivity index (χ0n) is 7.01. The van der Waals surface area contributed by atoms with Crippen molar-refractivity contribution in [3.63, 3.8) is 0 Å². The summed E-state index contributed by atoms with van der Waals surface area (Å²) in [6.07, 6.45) is 5.94. The molecule has 0 saturated heterocycles. The molecule has 0 amide bonds. The van der Waals surface area contributed by atoms with Crippen molar-refractivity contribution in [2.24, 2.45) is 0 Å². The van der Waals surface area contributed by atoms with Gasteiger partial charge in [-0.2, -0.15) is 0 Å². The summed E-state index contributed by atoms with van der Waals surface area (Å²) in [6.45, 7) is 0. The molecule has 2 heterocycles. The molecule has 0 atom stereocenters. The molecule has 66 valence electrons. The number of pyridine rings is 1. The normalized spacial score (nSPS) is 16.6. The highest BCUT2D eigenvalue weighted by molar-refractivity contribution is 5.48. The fourth-order valence-corrected chi connectivity index (χ4v) is 1.58. The molecule has 1 aliphatic carbocycles. The van der Waals surface area contributed by atoms with Crippen LogP contribution < -0.4 is 0 Å². The molecule has 4 heteroatoms. The average Bonchev–Trinajstić information content (AvgIpc) is 2.85. The van der Waals surface area contributed by atoms with Crippen molar-refractivity contribution < 1.29 is 5.11 Å². The Morgan fingerprint density at radius 1 is 1.46 bits per heavy atom. The van der Waals surface area contributed by atoms with E-state index in [2.05, 4.69) is 10.2 Å². The van der Waals surface area contributed by atoms with Crippen LogP contribution in [0.5, 0.6) is 5.75 Å². The van der Waals surface area contributed by atoms with Gasteiger partial charge in [0.25, 0.3) is 0 Å². The maximum absolute atomic E-state index is 9.66. The lowest BCUT2D eigenvalue weighted by Crippen LogP contribution is -1.88. The second-order valence-corrected chi connectivity index (χ2v) is 3.48. The van der Waals surface area contributed by atoms with E-state index < -0.39 is 0 Å². The quantitative estimate of drug-likeness (QED) is 0.711. The molecule has 0 unspecified atom stereocenters. The van der Waals surface area contributed by atoms with Crippen molar-refractivity contribution in [3.05, 3.63) is 24.2 Å². The fourth-order valence-electron chi connectivity index (χ4n) is 1.58. The Labute approximate surface area is 74.8 Å². The predicted molar refractivity (Wildman–Crippen MR) is 46.6 cm³/mol. The molecule has 1 N–H and O–H groups in total. The van der Waals surface area contributed by atoms with E-state index in [0.29, 0.717) is 17.3 Å². The van der Waals surface area contributed by atoms with Crippen molar-refractivity contribution in [2.45, 2.75) is 18.8 Å². The van der Waals surface area contributed by atoms with Crippen LogP contribution in [0.25, 0.3) is 5.65 Å². The SMILES string of the molecule is Oc1cc2nncn2cc1C1CC1. The Morgan fingerprint density at radius 3 is 3.08 bits per heavy atom. The molecule has 1 saturated carbocycles. The number of hydrogen-bond acceptors (Lipinski definition) is 3. The highest BCUT2D eigenvalue weighted by Crippen LogP contribution is 2.43. The fraction of sp³-hybridized carbons (Fsp3) is 0.333. The Balaban J connectivity index is 2.27. The van der Waals surface area contributed by atoms with Crippen LogP contribution in [0.15, 0.2) is 18.6 Å². The van der Waals surface area contributed by atoms with E-state index in [1.807, 2.05) is 10.6 Å². The summed E-state index contributed by atoms with van der Waals surface area (Å²) in [5.74, 6) is 0.898. The van der Waals surface area contributed by atoms with Crippen LogP contribution in [0.3, 0.4) is 0 Å². The van der Waals surface area contributed by atoms with Crippen LogP contribution in [0.4, 0.5) is 0 Å². The van der Waals surface area contributed by atoms with Crippen LogP contribution in [0, 0.1) is 0 Å². The van der Waals surface area contributed by atoms with Gasteiger partial charge in [-0.15, -0.1) is 10.2 Å². The summed E-state index contributed by atoms with van der Waals surface area (Å²) in [6, 6.07) is 1.67. The lowest BCUT2D eigenvalue weighted by atomic mass is 10.2. The Kier molecular flexibility index (Phi) is 1.17. The molecular formula is C9H9N3O. The Hall–Kier alpha value is -1.58. The zero-order valence-corrected chi connectivity index (χ0v) is 7.01. The molecule has 2 aromatic heterocycles. The standard InChI is InChI=1S/C9H9N3O/c13-8-3-9-11-10-5-12(9)4-7(8)6-1-2-6/h3-6,13H,1-2H2. The van der Waals surface area contributed by atoms with Gasteiger partial charge in [0.05, 0.1) is 0 Å². The Bertz CT molecular complexity index is 459. The monoisotopic (exact) mass is 175 g/mol. The number of aromatic hydroxyl groups is 1. The highest BCUT2D eigenvalue weighted by Gasteiger charge is 2.26. The van der Waals surface area contributed by atoms with Gasteiger partial charge in [-0.05, 0) is 18.8 Å². The first-order valence-corrected chi connectivity index (χ1v) is 4.37. The van der Waals surface area contributed by atoms with Crippen LogP contribution >= 0.6 is 0 Å². The molecule has 0 radical (unpaired) electrons. The van der Waals surface area contributed by atoms with Gasteiger partial charge in [-0.1, -0.05) is 0 Å². The van der Waals surface area contributed by atoms with Gasteiger partial charge >= 0.3 is 0 Å². The first kappa shape index (κ1) is 6.88. The summed E-state index contributed by atoms with van der Waals surface area (Å²) in [5.41, 5.74) is 1.72. The van der Waals surface area contributed by atoms with Crippen LogP contribution in [-0.4, -0.2) is 19.7 Å². The smallest absolute Gasteiger partial charge is 0.164 e. The van der Waals surface area contributed by atoms with Crippen molar-refractivity contribution in [1.82, 2.24) is 14.6 Å². The van der Waals surface area contributed by atoms with Crippen molar-refractivity contribution in [1.29, 1.82) is 0 Å². The molecule has 0 bridgehead atoms. The van der Waals surface area contributed by atoms with Gasteiger partial charge in [0.1, 0.15) is 12.1 Å². The molecule has 0 aromatic carbocycles. The van der Waals surface area contributed by atoms with E-state index in [9.17, 15) is 5.11 Å². The third-order valence-electron chi connectivity index (χ3n) is 2.46. The molecule has 0 aliphatic heterocycles. The maximum atomic E-state index is 9.66. The second kappa shape index (κ2) is 2.22. The van der Waals surface area contributed by atoms with E-state index >= 15 is 0 Å². The minimum absolute atomic E-state index is 0.350. The number of hydrogen-bond donors (Lipinski definition) is 1. The molecule has 1 aliphatic rings. The van der Waals surface area contributed by atoms with Gasteiger partial charge in [-0.3, -0.25) is 4.40 Å². The van der Waals surface area contributed by atoms with Gasteiger partial charge in [0, 0.05) is 17.8 Å². The van der Waals surface area contributed by atoms with E-state index in [0.717, 1.165) is 5.56 Å². The average molecular weight is 175 g/mol. The van der Waals surface area contributed by atoms with Gasteiger partial charge < -0.3 is 5.11 Å². The zero-order chi connectivity index (χ0) is 8.84. The number of aromatic nitrogens is 3. The van der Waals surface area contributed by atoms with Gasteiger partial charge in [0.15, 0.2) is 5.65 Å². The molecule has 1 fully saturated rings. The molecule has 0 spiro atoms. The molecule has 4 nitrogen and oxygen atoms in total. The Morgan fingerprint density at radius 2 is 2.31 bits per heavy atom. The molecular weight excluding hydrogens is 166 g/mol. The third-order valence-corrected chi connectivity index (χ3v) is 2.46. The summed E-state index contributed by atoms with van der Waals surface area (Å²) in [4.78, 5) is 0. The lowest BCUT2D eigenvalue weighted by Gasteiger charge is -2.02. The topological polar surface area (TPSA) is 50.4 Å². The largest absolute Gasteiger partial charge is 0.507 e.